The van der Waals surface area contributed by atoms with Crippen LogP contribution in [0.15, 0.2) is 54.6 Å². The number of esters is 2. The van der Waals surface area contributed by atoms with Gasteiger partial charge in [-0.25, -0.2) is 4.79 Å². The number of benzene rings is 2. The van der Waals surface area contributed by atoms with E-state index in [9.17, 15) is 14.4 Å². The first-order valence-electron chi connectivity index (χ1n) is 12.2. The summed E-state index contributed by atoms with van der Waals surface area (Å²) in [5.41, 5.74) is 7.36. The van der Waals surface area contributed by atoms with Crippen LogP contribution in [0.4, 0.5) is 0 Å². The predicted octanol–water partition coefficient (Wildman–Crippen LogP) is 1.65. The Morgan fingerprint density at radius 2 is 1.54 bits per heavy atom. The lowest BCUT2D eigenvalue weighted by atomic mass is 9.78. The Kier molecular flexibility index (Phi) is 9.12. The van der Waals surface area contributed by atoms with Crippen LogP contribution in [0.5, 0.6) is 0 Å². The second-order valence-corrected chi connectivity index (χ2v) is 10.1. The molecule has 0 saturated carbocycles. The number of hydrogen-bond donors (Lipinski definition) is 2. The molecule has 2 aromatic carbocycles. The zero-order chi connectivity index (χ0) is 27.2. The molecule has 1 aliphatic heterocycles. The van der Waals surface area contributed by atoms with E-state index in [0.717, 1.165) is 16.6 Å². The summed E-state index contributed by atoms with van der Waals surface area (Å²) in [5, 5.41) is 2.63. The summed E-state index contributed by atoms with van der Waals surface area (Å²) in [6.07, 6.45) is -0.148. The van der Waals surface area contributed by atoms with Crippen LogP contribution in [0.25, 0.3) is 0 Å². The molecule has 0 aromatic heterocycles. The molecule has 0 aliphatic carbocycles. The van der Waals surface area contributed by atoms with Gasteiger partial charge in [-0.15, -0.1) is 0 Å². The third-order valence-corrected chi connectivity index (χ3v) is 6.72. The standard InChI is InChI=1S/C27H35BN2O7/c1-26(2)27(3,4)37-28(36-26)20-13-11-18(12-14-20)15-22(30-24(32)21(29)16-23(31)34-5)25(33)35-17-19-9-7-6-8-10-19/h6-14,21-22H,15-17,29H2,1-5H3,(H,30,32)/t21-,22-/m0/s1. The van der Waals surface area contributed by atoms with Crippen LogP contribution >= 0.6 is 0 Å². The van der Waals surface area contributed by atoms with Crippen LogP contribution in [-0.4, -0.2) is 55.4 Å². The van der Waals surface area contributed by atoms with Crippen molar-refractivity contribution in [2.75, 3.05) is 7.11 Å². The van der Waals surface area contributed by atoms with Gasteiger partial charge in [0.05, 0.1) is 30.8 Å². The molecular formula is C27H35BN2O7. The molecule has 3 rings (SSSR count). The number of methoxy groups -OCH3 is 1. The lowest BCUT2D eigenvalue weighted by molar-refractivity contribution is -0.149. The number of amides is 1. The Morgan fingerprint density at radius 3 is 2.11 bits per heavy atom. The van der Waals surface area contributed by atoms with Crippen LogP contribution in [0.2, 0.25) is 0 Å². The summed E-state index contributed by atoms with van der Waals surface area (Å²) in [7, 11) is 0.700. The molecule has 2 aromatic rings. The predicted molar refractivity (Wildman–Crippen MR) is 139 cm³/mol. The topological polar surface area (TPSA) is 126 Å². The molecule has 10 heteroatoms. The van der Waals surface area contributed by atoms with E-state index in [1.165, 1.54) is 7.11 Å². The molecule has 1 aliphatic rings. The van der Waals surface area contributed by atoms with E-state index in [2.05, 4.69) is 10.1 Å². The molecule has 0 bridgehead atoms. The van der Waals surface area contributed by atoms with E-state index in [0.29, 0.717) is 0 Å². The summed E-state index contributed by atoms with van der Waals surface area (Å²) in [4.78, 5) is 37.1. The molecule has 1 amide bonds. The monoisotopic (exact) mass is 510 g/mol. The van der Waals surface area contributed by atoms with Gasteiger partial charge in [0.25, 0.3) is 0 Å². The van der Waals surface area contributed by atoms with Gasteiger partial charge in [-0.2, -0.15) is 0 Å². The van der Waals surface area contributed by atoms with Gasteiger partial charge >= 0.3 is 19.1 Å². The minimum Gasteiger partial charge on any atom is -0.469 e. The Bertz CT molecular complexity index is 1070. The second-order valence-electron chi connectivity index (χ2n) is 10.1. The first-order chi connectivity index (χ1) is 17.4. The average Bonchev–Trinajstić information content (AvgIpc) is 3.09. The van der Waals surface area contributed by atoms with Gasteiger partial charge in [0.2, 0.25) is 5.91 Å². The maximum Gasteiger partial charge on any atom is 0.494 e. The highest BCUT2D eigenvalue weighted by atomic mass is 16.7. The van der Waals surface area contributed by atoms with Gasteiger partial charge in [-0.1, -0.05) is 54.6 Å². The molecule has 1 heterocycles. The van der Waals surface area contributed by atoms with Crippen molar-refractivity contribution in [2.24, 2.45) is 5.73 Å². The molecular weight excluding hydrogens is 475 g/mol. The Hall–Kier alpha value is -3.21. The SMILES string of the molecule is COC(=O)C[C@H](N)C(=O)N[C@@H](Cc1ccc(B2OC(C)(C)C(C)(C)O2)cc1)C(=O)OCc1ccccc1. The second kappa shape index (κ2) is 11.9. The third-order valence-electron chi connectivity index (χ3n) is 6.72. The van der Waals surface area contributed by atoms with E-state index >= 15 is 0 Å². The normalized spacial score (nSPS) is 17.5. The molecule has 1 saturated heterocycles. The Morgan fingerprint density at radius 1 is 0.946 bits per heavy atom. The smallest absolute Gasteiger partial charge is 0.469 e. The highest BCUT2D eigenvalue weighted by Crippen LogP contribution is 2.36. The first-order valence-corrected chi connectivity index (χ1v) is 12.2. The van der Waals surface area contributed by atoms with Crippen molar-refractivity contribution < 1.29 is 33.2 Å². The van der Waals surface area contributed by atoms with Gasteiger partial charge in [0.1, 0.15) is 12.6 Å². The number of nitrogens with one attached hydrogen (secondary N) is 1. The maximum atomic E-state index is 13.0. The number of carbonyl (C=O) groups is 3. The number of hydrogen-bond acceptors (Lipinski definition) is 8. The number of carbonyl (C=O) groups excluding carboxylic acids is 3. The lowest BCUT2D eigenvalue weighted by Crippen LogP contribution is -2.50. The van der Waals surface area contributed by atoms with Crippen molar-refractivity contribution >= 4 is 30.4 Å². The van der Waals surface area contributed by atoms with Crippen molar-refractivity contribution in [3.63, 3.8) is 0 Å². The number of nitrogens with two attached hydrogens (primary N) is 1. The van der Waals surface area contributed by atoms with Gasteiger partial charge < -0.3 is 29.8 Å². The highest BCUT2D eigenvalue weighted by molar-refractivity contribution is 6.62. The minimum absolute atomic E-state index is 0.0567. The summed E-state index contributed by atoms with van der Waals surface area (Å²) in [6, 6.07) is 14.5. The van der Waals surface area contributed by atoms with Gasteiger partial charge in [0, 0.05) is 6.42 Å². The minimum atomic E-state index is -1.16. The third kappa shape index (κ3) is 7.41. The first kappa shape index (κ1) is 28.4. The van der Waals surface area contributed by atoms with Gasteiger partial charge in [-0.3, -0.25) is 9.59 Å². The molecule has 1 fully saturated rings. The van der Waals surface area contributed by atoms with E-state index in [4.69, 9.17) is 19.8 Å². The largest absolute Gasteiger partial charge is 0.494 e. The van der Waals surface area contributed by atoms with Crippen molar-refractivity contribution in [3.05, 3.63) is 65.7 Å². The van der Waals surface area contributed by atoms with Crippen molar-refractivity contribution in [1.82, 2.24) is 5.32 Å². The summed E-state index contributed by atoms with van der Waals surface area (Å²) in [6.45, 7) is 8.00. The number of ether oxygens (including phenoxy) is 2. The van der Waals surface area contributed by atoms with E-state index in [-0.39, 0.29) is 19.4 Å². The van der Waals surface area contributed by atoms with Gasteiger partial charge in [0.15, 0.2) is 0 Å². The fourth-order valence-corrected chi connectivity index (χ4v) is 3.68. The fraction of sp³-hybridized carbons (Fsp3) is 0.444. The summed E-state index contributed by atoms with van der Waals surface area (Å²) in [5.74, 6) is -1.89. The van der Waals surface area contributed by atoms with Gasteiger partial charge in [-0.05, 0) is 44.3 Å². The molecule has 2 atom stereocenters. The van der Waals surface area contributed by atoms with Crippen LogP contribution in [0, 0.1) is 0 Å². The molecule has 0 radical (unpaired) electrons. The Labute approximate surface area is 218 Å². The highest BCUT2D eigenvalue weighted by Gasteiger charge is 2.51. The van der Waals surface area contributed by atoms with Crippen molar-refractivity contribution in [3.8, 4) is 0 Å². The van der Waals surface area contributed by atoms with Crippen LogP contribution < -0.4 is 16.5 Å². The molecule has 198 valence electrons. The summed E-state index contributed by atoms with van der Waals surface area (Å²) < 4.78 is 22.2. The average molecular weight is 510 g/mol. The molecule has 0 spiro atoms. The zero-order valence-electron chi connectivity index (χ0n) is 22.0. The van der Waals surface area contributed by atoms with E-state index in [1.54, 1.807) is 0 Å². The van der Waals surface area contributed by atoms with Crippen LogP contribution in [0.1, 0.15) is 45.2 Å². The zero-order valence-corrected chi connectivity index (χ0v) is 22.0. The van der Waals surface area contributed by atoms with Crippen molar-refractivity contribution in [2.45, 2.75) is 70.4 Å². The molecule has 0 unspecified atom stereocenters. The van der Waals surface area contributed by atoms with Crippen LogP contribution in [0.3, 0.4) is 0 Å². The van der Waals surface area contributed by atoms with Crippen LogP contribution in [-0.2, 0) is 46.2 Å². The fourth-order valence-electron chi connectivity index (χ4n) is 3.68. The molecule has 9 nitrogen and oxygen atoms in total. The van der Waals surface area contributed by atoms with E-state index < -0.39 is 48.2 Å². The maximum absolute atomic E-state index is 13.0. The molecule has 3 N–H and O–H groups in total. The van der Waals surface area contributed by atoms with Crippen molar-refractivity contribution in [1.29, 1.82) is 0 Å². The Balaban J connectivity index is 1.71. The summed E-state index contributed by atoms with van der Waals surface area (Å²) >= 11 is 0. The lowest BCUT2D eigenvalue weighted by Gasteiger charge is -2.32. The quantitative estimate of drug-likeness (QED) is 0.365. The van der Waals surface area contributed by atoms with E-state index in [1.807, 2.05) is 82.3 Å². The number of rotatable bonds is 10. The molecule has 37 heavy (non-hydrogen) atoms.